The molecule has 0 N–H and O–H groups in total. The molecule has 0 radical (unpaired) electrons. The molecule has 0 saturated heterocycles. The summed E-state index contributed by atoms with van der Waals surface area (Å²) in [4.78, 5) is 22.8. The van der Waals surface area contributed by atoms with Crippen molar-refractivity contribution in [3.05, 3.63) is 0 Å². The first kappa shape index (κ1) is 7.96. The van der Waals surface area contributed by atoms with Crippen LogP contribution in [0.15, 0.2) is 0 Å². The number of hydrogen-bond donors (Lipinski definition) is 0. The lowest BCUT2D eigenvalue weighted by molar-refractivity contribution is -0.138. The molecule has 2 saturated carbocycles. The average molecular weight is 166 g/mol. The average Bonchev–Trinajstić information content (AvgIpc) is 2.48. The van der Waals surface area contributed by atoms with E-state index in [-0.39, 0.29) is 5.41 Å². The predicted molar refractivity (Wildman–Crippen MR) is 44.8 cm³/mol. The summed E-state index contributed by atoms with van der Waals surface area (Å²) in [6.45, 7) is 0. The zero-order valence-corrected chi connectivity index (χ0v) is 7.27. The Hall–Kier alpha value is -0.660. The number of carbonyl (C=O) groups is 2. The lowest BCUT2D eigenvalue weighted by Crippen LogP contribution is -2.35. The Balaban J connectivity index is 2.20. The predicted octanol–water partition coefficient (Wildman–Crippen LogP) is 1.87. The van der Waals surface area contributed by atoms with E-state index >= 15 is 0 Å². The van der Waals surface area contributed by atoms with E-state index in [4.69, 9.17) is 0 Å². The molecule has 2 fully saturated rings. The first-order chi connectivity index (χ1) is 5.73. The summed E-state index contributed by atoms with van der Waals surface area (Å²) >= 11 is 0. The van der Waals surface area contributed by atoms with Gasteiger partial charge in [0.2, 0.25) is 0 Å². The topological polar surface area (TPSA) is 34.1 Å². The molecule has 0 heterocycles. The molecule has 2 aliphatic rings. The van der Waals surface area contributed by atoms with Crippen molar-refractivity contribution in [3.8, 4) is 0 Å². The molecule has 0 bridgehead atoms. The molecule has 2 rings (SSSR count). The SMILES string of the molecule is O=C1CCC(=O)C2(CCCC2)C1. The van der Waals surface area contributed by atoms with Crippen LogP contribution in [0.5, 0.6) is 0 Å². The van der Waals surface area contributed by atoms with Gasteiger partial charge in [-0.25, -0.2) is 0 Å². The maximum atomic E-state index is 11.6. The second-order valence-corrected chi connectivity index (χ2v) is 4.13. The summed E-state index contributed by atoms with van der Waals surface area (Å²) in [6.07, 6.45) is 5.78. The highest BCUT2D eigenvalue weighted by molar-refractivity contribution is 5.97. The van der Waals surface area contributed by atoms with E-state index in [0.29, 0.717) is 30.8 Å². The molecule has 0 amide bonds. The Bertz CT molecular complexity index is 224. The molecule has 0 unspecified atom stereocenters. The Kier molecular flexibility index (Phi) is 1.78. The summed E-state index contributed by atoms with van der Waals surface area (Å²) in [5, 5.41) is 0. The highest BCUT2D eigenvalue weighted by Gasteiger charge is 2.44. The first-order valence-corrected chi connectivity index (χ1v) is 4.78. The van der Waals surface area contributed by atoms with Gasteiger partial charge in [-0.15, -0.1) is 0 Å². The maximum Gasteiger partial charge on any atom is 0.139 e. The largest absolute Gasteiger partial charge is 0.300 e. The summed E-state index contributed by atoms with van der Waals surface area (Å²) in [5.41, 5.74) is -0.185. The smallest absolute Gasteiger partial charge is 0.139 e. The van der Waals surface area contributed by atoms with Crippen molar-refractivity contribution in [1.82, 2.24) is 0 Å². The molecular formula is C10H14O2. The quantitative estimate of drug-likeness (QED) is 0.550. The molecular weight excluding hydrogens is 152 g/mol. The Morgan fingerprint density at radius 2 is 1.67 bits per heavy atom. The van der Waals surface area contributed by atoms with Crippen molar-refractivity contribution in [1.29, 1.82) is 0 Å². The lowest BCUT2D eigenvalue weighted by atomic mass is 9.71. The Morgan fingerprint density at radius 3 is 2.33 bits per heavy atom. The van der Waals surface area contributed by atoms with E-state index in [1.54, 1.807) is 0 Å². The van der Waals surface area contributed by atoms with Gasteiger partial charge in [-0.3, -0.25) is 9.59 Å². The summed E-state index contributed by atoms with van der Waals surface area (Å²) in [6, 6.07) is 0. The van der Waals surface area contributed by atoms with Gasteiger partial charge >= 0.3 is 0 Å². The molecule has 0 aromatic heterocycles. The fraction of sp³-hybridized carbons (Fsp3) is 0.800. The molecule has 0 aliphatic heterocycles. The van der Waals surface area contributed by atoms with E-state index in [1.165, 1.54) is 0 Å². The van der Waals surface area contributed by atoms with Crippen LogP contribution in [0, 0.1) is 5.41 Å². The number of ketones is 2. The number of Topliss-reactive ketones (excluding diaryl/α,β-unsaturated/α-hetero) is 2. The Labute approximate surface area is 72.3 Å². The normalized spacial score (nSPS) is 28.3. The summed E-state index contributed by atoms with van der Waals surface area (Å²) < 4.78 is 0. The maximum absolute atomic E-state index is 11.6. The zero-order chi connectivity index (χ0) is 8.60. The van der Waals surface area contributed by atoms with Crippen molar-refractivity contribution in [2.24, 2.45) is 5.41 Å². The van der Waals surface area contributed by atoms with Crippen LogP contribution in [-0.4, -0.2) is 11.6 Å². The molecule has 0 aromatic rings. The van der Waals surface area contributed by atoms with Crippen molar-refractivity contribution in [2.75, 3.05) is 0 Å². The van der Waals surface area contributed by atoms with E-state index in [1.807, 2.05) is 0 Å². The van der Waals surface area contributed by atoms with Crippen LogP contribution in [0.4, 0.5) is 0 Å². The summed E-state index contributed by atoms with van der Waals surface area (Å²) in [7, 11) is 0. The minimum Gasteiger partial charge on any atom is -0.300 e. The van der Waals surface area contributed by atoms with Crippen LogP contribution in [0.25, 0.3) is 0 Å². The molecule has 0 atom stereocenters. The van der Waals surface area contributed by atoms with Gasteiger partial charge in [-0.2, -0.15) is 0 Å². The van der Waals surface area contributed by atoms with Crippen LogP contribution in [0.3, 0.4) is 0 Å². The van der Waals surface area contributed by atoms with Crippen molar-refractivity contribution in [2.45, 2.75) is 44.9 Å². The fourth-order valence-corrected chi connectivity index (χ4v) is 2.59. The van der Waals surface area contributed by atoms with Gasteiger partial charge < -0.3 is 0 Å². The fourth-order valence-electron chi connectivity index (χ4n) is 2.59. The Morgan fingerprint density at radius 1 is 1.00 bits per heavy atom. The molecule has 66 valence electrons. The highest BCUT2D eigenvalue weighted by Crippen LogP contribution is 2.45. The van der Waals surface area contributed by atoms with E-state index in [9.17, 15) is 9.59 Å². The van der Waals surface area contributed by atoms with Crippen LogP contribution in [0.1, 0.15) is 44.9 Å². The van der Waals surface area contributed by atoms with Crippen molar-refractivity contribution >= 4 is 11.6 Å². The van der Waals surface area contributed by atoms with Gasteiger partial charge in [-0.05, 0) is 12.8 Å². The summed E-state index contributed by atoms with van der Waals surface area (Å²) in [5.74, 6) is 0.663. The van der Waals surface area contributed by atoms with E-state index in [2.05, 4.69) is 0 Å². The third-order valence-corrected chi connectivity index (χ3v) is 3.32. The third kappa shape index (κ3) is 1.10. The van der Waals surface area contributed by atoms with Gasteiger partial charge in [0.25, 0.3) is 0 Å². The minimum absolute atomic E-state index is 0.185. The van der Waals surface area contributed by atoms with Crippen LogP contribution in [-0.2, 0) is 9.59 Å². The van der Waals surface area contributed by atoms with Crippen molar-refractivity contribution in [3.63, 3.8) is 0 Å². The van der Waals surface area contributed by atoms with Crippen molar-refractivity contribution < 1.29 is 9.59 Å². The second-order valence-electron chi connectivity index (χ2n) is 4.13. The van der Waals surface area contributed by atoms with E-state index < -0.39 is 0 Å². The standard InChI is InChI=1S/C10H14O2/c11-8-3-4-9(12)10(7-8)5-1-2-6-10/h1-7H2. The first-order valence-electron chi connectivity index (χ1n) is 4.78. The number of hydrogen-bond acceptors (Lipinski definition) is 2. The molecule has 2 aliphatic carbocycles. The van der Waals surface area contributed by atoms with Crippen LogP contribution in [0.2, 0.25) is 0 Å². The third-order valence-electron chi connectivity index (χ3n) is 3.32. The second kappa shape index (κ2) is 2.68. The molecule has 1 spiro atoms. The van der Waals surface area contributed by atoms with Gasteiger partial charge in [-0.1, -0.05) is 12.8 Å². The van der Waals surface area contributed by atoms with Gasteiger partial charge in [0.1, 0.15) is 11.6 Å². The van der Waals surface area contributed by atoms with E-state index in [0.717, 1.165) is 25.7 Å². The minimum atomic E-state index is -0.185. The van der Waals surface area contributed by atoms with Gasteiger partial charge in [0.15, 0.2) is 0 Å². The molecule has 12 heavy (non-hydrogen) atoms. The molecule has 2 nitrogen and oxygen atoms in total. The van der Waals surface area contributed by atoms with Gasteiger partial charge in [0, 0.05) is 24.7 Å². The highest BCUT2D eigenvalue weighted by atomic mass is 16.1. The zero-order valence-electron chi connectivity index (χ0n) is 7.27. The monoisotopic (exact) mass is 166 g/mol. The molecule has 0 aromatic carbocycles. The van der Waals surface area contributed by atoms with Crippen LogP contribution >= 0.6 is 0 Å². The van der Waals surface area contributed by atoms with Crippen LogP contribution < -0.4 is 0 Å². The van der Waals surface area contributed by atoms with Gasteiger partial charge in [0.05, 0.1) is 0 Å². The molecule has 2 heteroatoms. The lowest BCUT2D eigenvalue weighted by Gasteiger charge is -2.30. The number of rotatable bonds is 0. The number of carbonyl (C=O) groups excluding carboxylic acids is 2.